The van der Waals surface area contributed by atoms with Crippen LogP contribution in [0.5, 0.6) is 23.0 Å². The van der Waals surface area contributed by atoms with Gasteiger partial charge in [-0.3, -0.25) is 34.3 Å². The number of aryl methyl sites for hydroxylation is 4. The van der Waals surface area contributed by atoms with Crippen molar-refractivity contribution in [3.63, 3.8) is 0 Å². The van der Waals surface area contributed by atoms with Crippen molar-refractivity contribution < 1.29 is 78.3 Å². The third-order valence-electron chi connectivity index (χ3n) is 20.0. The molecule has 6 aromatic heterocycles. The molecule has 2 aliphatic heterocycles. The summed E-state index contributed by atoms with van der Waals surface area (Å²) in [5.74, 6) is 1.58. The van der Waals surface area contributed by atoms with Crippen molar-refractivity contribution in [2.45, 2.75) is 109 Å². The minimum atomic E-state index is -4.44. The van der Waals surface area contributed by atoms with Crippen molar-refractivity contribution in [2.24, 2.45) is 14.1 Å². The number of fused-ring (bicyclic) bond motifs is 2. The number of ether oxygens (including phenoxy) is 4. The molecule has 8 heterocycles. The summed E-state index contributed by atoms with van der Waals surface area (Å²) in [6, 6.07) is 50.4. The van der Waals surface area contributed by atoms with Crippen LogP contribution in [-0.2, 0) is 71.6 Å². The van der Waals surface area contributed by atoms with E-state index in [0.717, 1.165) is 105 Å². The number of aromatic nitrogens is 9. The third-order valence-corrected chi connectivity index (χ3v) is 20.4. The zero-order valence-electron chi connectivity index (χ0n) is 66.7. The first kappa shape index (κ1) is 89.7. The van der Waals surface area contributed by atoms with E-state index in [-0.39, 0.29) is 69.0 Å². The number of benzene rings is 6. The van der Waals surface area contributed by atoms with Crippen LogP contribution < -0.4 is 18.9 Å². The number of aliphatic hydroxyl groups excluding tert-OH is 2. The number of nitrogens with zero attached hydrogens (tertiary/aromatic N) is 13. The number of hydrogen-bond donors (Lipinski definition) is 2. The van der Waals surface area contributed by atoms with Crippen molar-refractivity contribution in [3.8, 4) is 23.0 Å². The summed E-state index contributed by atoms with van der Waals surface area (Å²) in [6.07, 6.45) is 6.45. The van der Waals surface area contributed by atoms with Gasteiger partial charge in [0.25, 0.3) is 11.8 Å². The maximum absolute atomic E-state index is 13.1. The number of imidazole rings is 2. The van der Waals surface area contributed by atoms with Crippen molar-refractivity contribution in [3.05, 3.63) is 340 Å². The summed E-state index contributed by atoms with van der Waals surface area (Å²) in [5, 5.41) is 21.5. The minimum Gasteiger partial charge on any atom is -0.494 e. The second kappa shape index (κ2) is 42.7. The Morgan fingerprint density at radius 3 is 1.24 bits per heavy atom. The standard InChI is InChI=1S/2C24H23F3N2O.C22H23F3N4O3.C20H22ClN5O3/c2*25-24(26,27)21-8-10-22(11-9-21)30-14-4-13-29-17-20-6-2-1-5-18(20)15-23(29)19-7-3-12-28-16-19;1-15-16(4-3-9-27-15)11-29(21(31)20-10-26-14-28(20)2)12-18(30)13-32-19-7-5-17(6-8-19)22(23,24)25;1-14-23-7-17(8-24-14)29-12-16(27)11-26(10-15-5-3-4-6-18(15)21)20(28)19-9-22-13-25(19)2/h2*1-3,5-12,16,23H,4,13-15,17H2;3-10,14,18,30H,11-13H2,1-2H3;3-9,13,16,27H,10-12H2,1-2H3/t2*23-;;/m10../s1. The van der Waals surface area contributed by atoms with Crippen molar-refractivity contribution >= 4 is 23.4 Å². The van der Waals surface area contributed by atoms with Crippen LogP contribution in [-0.4, -0.2) is 150 Å². The zero-order valence-corrected chi connectivity index (χ0v) is 67.5. The van der Waals surface area contributed by atoms with Gasteiger partial charge >= 0.3 is 18.5 Å². The van der Waals surface area contributed by atoms with E-state index in [9.17, 15) is 59.3 Å². The van der Waals surface area contributed by atoms with Gasteiger partial charge in [0, 0.05) is 107 Å². The van der Waals surface area contributed by atoms with Gasteiger partial charge in [0.15, 0.2) is 5.75 Å². The quantitative estimate of drug-likeness (QED) is 0.0343. The van der Waals surface area contributed by atoms with E-state index in [0.29, 0.717) is 52.7 Å². The van der Waals surface area contributed by atoms with Crippen LogP contribution in [0.3, 0.4) is 0 Å². The SMILES string of the molecule is Cc1ncc(OCC(O)CN(Cc2ccccc2Cl)C(=O)c2cncn2C)cn1.Cc1ncccc1CN(CC(O)COc1ccc(C(F)(F)F)cc1)C(=O)c1cncn1C.FC(F)(F)c1ccc(OCCCN2Cc3ccccc3C[C@@H]2c2cccnc2)cc1.FC(F)(F)c1ccc(OCCCN2Cc3ccccc3C[C@H]2c2cccnc2)cc1. The summed E-state index contributed by atoms with van der Waals surface area (Å²) < 4.78 is 140. The highest BCUT2D eigenvalue weighted by Crippen LogP contribution is 2.37. The van der Waals surface area contributed by atoms with E-state index in [2.05, 4.69) is 105 Å². The Labute approximate surface area is 699 Å². The van der Waals surface area contributed by atoms with Crippen LogP contribution in [0.15, 0.2) is 250 Å². The average Bonchev–Trinajstić information content (AvgIpc) is 1.66. The lowest BCUT2D eigenvalue weighted by Gasteiger charge is -2.37. The molecule has 0 fully saturated rings. The summed E-state index contributed by atoms with van der Waals surface area (Å²) in [6.45, 7) is 8.11. The first-order valence-corrected chi connectivity index (χ1v) is 39.2. The molecule has 0 radical (unpaired) electrons. The van der Waals surface area contributed by atoms with E-state index < -0.39 is 47.4 Å². The van der Waals surface area contributed by atoms with Crippen LogP contribution in [0.25, 0.3) is 0 Å². The van der Waals surface area contributed by atoms with Gasteiger partial charge in [0.05, 0.1) is 80.4 Å². The molecule has 21 nitrogen and oxygen atoms in total. The number of hydrogen-bond acceptors (Lipinski definition) is 17. The second-order valence-corrected chi connectivity index (χ2v) is 29.3. The molecule has 0 aliphatic carbocycles. The molecule has 0 saturated carbocycles. The highest BCUT2D eigenvalue weighted by atomic mass is 35.5. The average molecular weight is 1690 g/mol. The van der Waals surface area contributed by atoms with E-state index in [1.54, 1.807) is 67.2 Å². The molecule has 6 aromatic carbocycles. The number of amides is 2. The molecule has 0 saturated heterocycles. The lowest BCUT2D eigenvalue weighted by molar-refractivity contribution is -0.138. The number of pyridine rings is 3. The molecule has 14 rings (SSSR count). The lowest BCUT2D eigenvalue weighted by Crippen LogP contribution is -2.40. The predicted octanol–water partition coefficient (Wildman–Crippen LogP) is 16.8. The number of halogens is 10. The fraction of sp³-hybridized carbons (Fsp3) is 0.300. The Balaban J connectivity index is 0.000000158. The third kappa shape index (κ3) is 26.5. The fourth-order valence-electron chi connectivity index (χ4n) is 13.6. The molecule has 121 heavy (non-hydrogen) atoms. The molecular weight excluding hydrogens is 1600 g/mol. The summed E-state index contributed by atoms with van der Waals surface area (Å²) >= 11 is 6.26. The number of aliphatic hydroxyl groups is 2. The van der Waals surface area contributed by atoms with Gasteiger partial charge in [-0.15, -0.1) is 0 Å². The van der Waals surface area contributed by atoms with Crippen molar-refractivity contribution in [2.75, 3.05) is 52.6 Å². The van der Waals surface area contributed by atoms with E-state index in [1.165, 1.54) is 111 Å². The van der Waals surface area contributed by atoms with Crippen LogP contribution >= 0.6 is 11.6 Å². The van der Waals surface area contributed by atoms with Crippen LogP contribution in [0.1, 0.15) is 119 Å². The molecule has 634 valence electrons. The van der Waals surface area contributed by atoms with Gasteiger partial charge in [-0.05, 0) is 181 Å². The Hall–Kier alpha value is -12.1. The normalized spacial score (nSPS) is 14.5. The summed E-state index contributed by atoms with van der Waals surface area (Å²) in [4.78, 5) is 62.8. The van der Waals surface area contributed by atoms with Crippen LogP contribution in [0, 0.1) is 13.8 Å². The Morgan fingerprint density at radius 2 is 0.843 bits per heavy atom. The van der Waals surface area contributed by atoms with Gasteiger partial charge in [-0.1, -0.05) is 96.5 Å². The van der Waals surface area contributed by atoms with E-state index >= 15 is 0 Å². The zero-order chi connectivity index (χ0) is 86.1. The Bertz CT molecular complexity index is 5070. The minimum absolute atomic E-state index is 0.00981. The van der Waals surface area contributed by atoms with Gasteiger partial charge in [0.2, 0.25) is 0 Å². The maximum atomic E-state index is 13.1. The molecular formula is C90H91ClF9N13O8. The molecule has 4 atom stereocenters. The number of rotatable bonds is 28. The number of carbonyl (C=O) groups excluding carboxylic acids is 2. The summed E-state index contributed by atoms with van der Waals surface area (Å²) in [5.41, 5.74) is 8.78. The number of alkyl halides is 9. The van der Waals surface area contributed by atoms with E-state index in [4.69, 9.17) is 30.5 Å². The molecule has 2 aliphatic rings. The molecule has 0 bridgehead atoms. The smallest absolute Gasteiger partial charge is 0.416 e. The maximum Gasteiger partial charge on any atom is 0.416 e. The first-order chi connectivity index (χ1) is 58.1. The molecule has 2 N–H and O–H groups in total. The van der Waals surface area contributed by atoms with Crippen LogP contribution in [0.2, 0.25) is 5.02 Å². The topological polar surface area (TPSA) is 225 Å². The summed E-state index contributed by atoms with van der Waals surface area (Å²) in [7, 11) is 3.43. The first-order valence-electron chi connectivity index (χ1n) is 38.8. The Morgan fingerprint density at radius 1 is 0.455 bits per heavy atom. The molecule has 2 unspecified atom stereocenters. The van der Waals surface area contributed by atoms with Crippen LogP contribution in [0.4, 0.5) is 39.5 Å². The van der Waals surface area contributed by atoms with Gasteiger partial charge in [-0.25, -0.2) is 19.9 Å². The second-order valence-electron chi connectivity index (χ2n) is 28.8. The largest absolute Gasteiger partial charge is 0.494 e. The highest BCUT2D eigenvalue weighted by Gasteiger charge is 2.34. The predicted molar refractivity (Wildman–Crippen MR) is 436 cm³/mol. The number of carbonyl (C=O) groups is 2. The van der Waals surface area contributed by atoms with Gasteiger partial charge in [-0.2, -0.15) is 39.5 Å². The molecule has 12 aromatic rings. The molecule has 2 amide bonds. The monoisotopic (exact) mass is 1690 g/mol. The fourth-order valence-corrected chi connectivity index (χ4v) is 13.8. The van der Waals surface area contributed by atoms with Gasteiger partial charge in [0.1, 0.15) is 59.9 Å². The van der Waals surface area contributed by atoms with Gasteiger partial charge < -0.3 is 48.1 Å². The van der Waals surface area contributed by atoms with Crippen molar-refractivity contribution in [1.29, 1.82) is 0 Å². The van der Waals surface area contributed by atoms with Crippen molar-refractivity contribution in [1.82, 2.24) is 63.6 Å². The van der Waals surface area contributed by atoms with E-state index in [1.807, 2.05) is 55.7 Å². The highest BCUT2D eigenvalue weighted by molar-refractivity contribution is 6.31. The molecule has 0 spiro atoms. The lowest BCUT2D eigenvalue weighted by atomic mass is 9.90. The molecule has 31 heteroatoms. The Kier molecular flexibility index (Phi) is 31.7.